The van der Waals surface area contributed by atoms with Crippen molar-refractivity contribution in [1.29, 1.82) is 0 Å². The highest BCUT2D eigenvalue weighted by atomic mass is 32.2. The van der Waals surface area contributed by atoms with Crippen molar-refractivity contribution in [3.8, 4) is 0 Å². The number of nitrogens with one attached hydrogen (secondary N) is 1. The molecule has 1 fully saturated rings. The van der Waals surface area contributed by atoms with Gasteiger partial charge in [0, 0.05) is 19.6 Å². The van der Waals surface area contributed by atoms with Crippen LogP contribution in [0.1, 0.15) is 26.7 Å². The molecule has 0 spiro atoms. The first-order valence-electron chi connectivity index (χ1n) is 8.78. The van der Waals surface area contributed by atoms with E-state index in [9.17, 15) is 14.4 Å². The number of imide groups is 1. The SMILES string of the molecule is CCCCn1c(SC(C)C(=O)N2CCNC2=O)nc2ccccc2c1=O. The molecule has 3 rings (SSSR count). The molecular formula is C18H22N4O3S. The summed E-state index contributed by atoms with van der Waals surface area (Å²) in [5.41, 5.74) is 0.524. The van der Waals surface area contributed by atoms with Crippen molar-refractivity contribution in [1.82, 2.24) is 19.8 Å². The van der Waals surface area contributed by atoms with Gasteiger partial charge in [-0.1, -0.05) is 37.2 Å². The summed E-state index contributed by atoms with van der Waals surface area (Å²) < 4.78 is 1.64. The molecule has 138 valence electrons. The number of para-hydroxylation sites is 1. The third-order valence-corrected chi connectivity index (χ3v) is 5.39. The number of aromatic nitrogens is 2. The molecule has 8 heteroatoms. The van der Waals surface area contributed by atoms with Crippen molar-refractivity contribution in [2.24, 2.45) is 0 Å². The highest BCUT2D eigenvalue weighted by Gasteiger charge is 2.31. The number of amides is 3. The molecule has 2 heterocycles. The van der Waals surface area contributed by atoms with Crippen LogP contribution in [0.5, 0.6) is 0 Å². The molecule has 2 aromatic rings. The molecule has 0 bridgehead atoms. The number of fused-ring (bicyclic) bond motifs is 1. The van der Waals surface area contributed by atoms with Gasteiger partial charge in [0.05, 0.1) is 16.2 Å². The van der Waals surface area contributed by atoms with E-state index >= 15 is 0 Å². The van der Waals surface area contributed by atoms with Gasteiger partial charge in [-0.3, -0.25) is 19.1 Å². The van der Waals surface area contributed by atoms with Gasteiger partial charge in [0.15, 0.2) is 5.16 Å². The number of nitrogens with zero attached hydrogens (tertiary/aromatic N) is 3. The fourth-order valence-corrected chi connectivity index (χ4v) is 3.86. The van der Waals surface area contributed by atoms with Crippen LogP contribution < -0.4 is 10.9 Å². The Kier molecular flexibility index (Phi) is 5.61. The van der Waals surface area contributed by atoms with Crippen LogP contribution in [0.4, 0.5) is 4.79 Å². The molecule has 1 unspecified atom stereocenters. The fraction of sp³-hybridized carbons (Fsp3) is 0.444. The van der Waals surface area contributed by atoms with Crippen LogP contribution in [0.2, 0.25) is 0 Å². The van der Waals surface area contributed by atoms with Crippen LogP contribution in [0.15, 0.2) is 34.2 Å². The van der Waals surface area contributed by atoms with E-state index in [2.05, 4.69) is 17.2 Å². The summed E-state index contributed by atoms with van der Waals surface area (Å²) in [4.78, 5) is 43.0. The lowest BCUT2D eigenvalue weighted by Gasteiger charge is -2.19. The first-order chi connectivity index (χ1) is 12.5. The maximum absolute atomic E-state index is 12.9. The summed E-state index contributed by atoms with van der Waals surface area (Å²) in [6.07, 6.45) is 1.80. The Hall–Kier alpha value is -2.35. The third-order valence-electron chi connectivity index (χ3n) is 4.31. The minimum Gasteiger partial charge on any atom is -0.336 e. The van der Waals surface area contributed by atoms with Crippen molar-refractivity contribution < 1.29 is 9.59 Å². The Morgan fingerprint density at radius 3 is 2.81 bits per heavy atom. The Morgan fingerprint density at radius 1 is 1.35 bits per heavy atom. The number of carbonyl (C=O) groups excluding carboxylic acids is 2. The van der Waals surface area contributed by atoms with Crippen molar-refractivity contribution in [3.05, 3.63) is 34.6 Å². The highest BCUT2D eigenvalue weighted by Crippen LogP contribution is 2.24. The molecule has 1 aliphatic heterocycles. The molecule has 26 heavy (non-hydrogen) atoms. The first-order valence-corrected chi connectivity index (χ1v) is 9.66. The standard InChI is InChI=1S/C18H22N4O3S/c1-3-4-10-22-16(24)13-7-5-6-8-14(13)20-18(22)26-12(2)15(23)21-11-9-19-17(21)25/h5-8,12H,3-4,9-11H2,1-2H3,(H,19,25). The molecule has 0 radical (unpaired) electrons. The minimum atomic E-state index is -0.514. The Balaban J connectivity index is 1.93. The summed E-state index contributed by atoms with van der Waals surface area (Å²) in [7, 11) is 0. The number of hydrogen-bond acceptors (Lipinski definition) is 5. The number of benzene rings is 1. The fourth-order valence-electron chi connectivity index (χ4n) is 2.86. The normalized spacial score (nSPS) is 15.3. The second-order valence-corrected chi connectivity index (χ2v) is 7.51. The van der Waals surface area contributed by atoms with Crippen LogP contribution in [-0.4, -0.2) is 44.7 Å². The van der Waals surface area contributed by atoms with Crippen LogP contribution >= 0.6 is 11.8 Å². The predicted octanol–water partition coefficient (Wildman–Crippen LogP) is 2.23. The van der Waals surface area contributed by atoms with Crippen LogP contribution in [0, 0.1) is 0 Å². The summed E-state index contributed by atoms with van der Waals surface area (Å²) in [5, 5.41) is 3.20. The molecule has 1 aliphatic rings. The van der Waals surface area contributed by atoms with E-state index in [1.165, 1.54) is 16.7 Å². The maximum Gasteiger partial charge on any atom is 0.324 e. The van der Waals surface area contributed by atoms with Crippen LogP contribution in [-0.2, 0) is 11.3 Å². The topological polar surface area (TPSA) is 84.3 Å². The minimum absolute atomic E-state index is 0.0925. The molecule has 3 amide bonds. The van der Waals surface area contributed by atoms with Gasteiger partial charge in [-0.2, -0.15) is 0 Å². The Labute approximate surface area is 155 Å². The Bertz CT molecular complexity index is 896. The molecule has 0 saturated carbocycles. The highest BCUT2D eigenvalue weighted by molar-refractivity contribution is 8.00. The summed E-state index contributed by atoms with van der Waals surface area (Å²) >= 11 is 1.23. The van der Waals surface area contributed by atoms with Gasteiger partial charge in [-0.05, 0) is 25.5 Å². The summed E-state index contributed by atoms with van der Waals surface area (Å²) in [5.74, 6) is -0.269. The number of urea groups is 1. The van der Waals surface area contributed by atoms with E-state index in [-0.39, 0.29) is 17.5 Å². The molecule has 1 atom stereocenters. The quantitative estimate of drug-likeness (QED) is 0.619. The van der Waals surface area contributed by atoms with E-state index in [1.807, 2.05) is 12.1 Å². The number of unbranched alkanes of at least 4 members (excludes halogenated alkanes) is 1. The molecule has 7 nitrogen and oxygen atoms in total. The predicted molar refractivity (Wildman–Crippen MR) is 101 cm³/mol. The molecule has 1 aromatic heterocycles. The number of hydrogen-bond donors (Lipinski definition) is 1. The summed E-state index contributed by atoms with van der Waals surface area (Å²) in [6, 6.07) is 6.86. The van der Waals surface area contributed by atoms with Crippen molar-refractivity contribution in [2.75, 3.05) is 13.1 Å². The van der Waals surface area contributed by atoms with E-state index in [0.29, 0.717) is 35.7 Å². The zero-order valence-electron chi connectivity index (χ0n) is 14.9. The van der Waals surface area contributed by atoms with Gasteiger partial charge < -0.3 is 5.32 Å². The zero-order valence-corrected chi connectivity index (χ0v) is 15.7. The van der Waals surface area contributed by atoms with E-state index in [4.69, 9.17) is 0 Å². The number of carbonyl (C=O) groups is 2. The summed E-state index contributed by atoms with van der Waals surface area (Å²) in [6.45, 7) is 5.20. The molecule has 0 aliphatic carbocycles. The number of rotatable bonds is 6. The average molecular weight is 374 g/mol. The Morgan fingerprint density at radius 2 is 2.12 bits per heavy atom. The third kappa shape index (κ3) is 3.60. The lowest BCUT2D eigenvalue weighted by atomic mass is 10.2. The second kappa shape index (κ2) is 7.90. The molecule has 1 saturated heterocycles. The van der Waals surface area contributed by atoms with Gasteiger partial charge in [-0.25, -0.2) is 9.78 Å². The average Bonchev–Trinajstić information content (AvgIpc) is 3.06. The lowest BCUT2D eigenvalue weighted by molar-refractivity contribution is -0.126. The van der Waals surface area contributed by atoms with Crippen LogP contribution in [0.25, 0.3) is 10.9 Å². The first kappa shape index (κ1) is 18.4. The molecular weight excluding hydrogens is 352 g/mol. The number of thioether (sulfide) groups is 1. The smallest absolute Gasteiger partial charge is 0.324 e. The zero-order chi connectivity index (χ0) is 18.7. The maximum atomic E-state index is 12.9. The van der Waals surface area contributed by atoms with E-state index < -0.39 is 5.25 Å². The van der Waals surface area contributed by atoms with Crippen molar-refractivity contribution in [2.45, 2.75) is 43.6 Å². The molecule has 1 N–H and O–H groups in total. The monoisotopic (exact) mass is 374 g/mol. The second-order valence-electron chi connectivity index (χ2n) is 6.20. The van der Waals surface area contributed by atoms with Gasteiger partial charge in [0.1, 0.15) is 0 Å². The van der Waals surface area contributed by atoms with Crippen molar-refractivity contribution >= 4 is 34.6 Å². The van der Waals surface area contributed by atoms with Gasteiger partial charge >= 0.3 is 6.03 Å². The van der Waals surface area contributed by atoms with Gasteiger partial charge in [-0.15, -0.1) is 0 Å². The van der Waals surface area contributed by atoms with Crippen LogP contribution in [0.3, 0.4) is 0 Å². The van der Waals surface area contributed by atoms with Gasteiger partial charge in [0.2, 0.25) is 5.91 Å². The largest absolute Gasteiger partial charge is 0.336 e. The lowest BCUT2D eigenvalue weighted by Crippen LogP contribution is -2.39. The van der Waals surface area contributed by atoms with Crippen molar-refractivity contribution in [3.63, 3.8) is 0 Å². The van der Waals surface area contributed by atoms with Gasteiger partial charge in [0.25, 0.3) is 5.56 Å². The molecule has 1 aromatic carbocycles. The van der Waals surface area contributed by atoms with E-state index in [1.54, 1.807) is 23.6 Å². The van der Waals surface area contributed by atoms with E-state index in [0.717, 1.165) is 12.8 Å².